The van der Waals surface area contributed by atoms with Crippen molar-refractivity contribution in [3.05, 3.63) is 196 Å². The largest absolute Gasteiger partial charge is 0.351 e. The summed E-state index contributed by atoms with van der Waals surface area (Å²) in [7, 11) is 0. The van der Waals surface area contributed by atoms with Gasteiger partial charge in [-0.15, -0.1) is 0 Å². The first-order chi connectivity index (χ1) is 28.8. The zero-order chi connectivity index (χ0) is 38.2. The third-order valence-corrected chi connectivity index (χ3v) is 14.3. The lowest BCUT2D eigenvalue weighted by Crippen LogP contribution is -2.52. The Kier molecular flexibility index (Phi) is 8.32. The van der Waals surface area contributed by atoms with Crippen molar-refractivity contribution >= 4 is 22.9 Å². The smallest absolute Gasteiger partial charge is 0.131 e. The predicted octanol–water partition coefficient (Wildman–Crippen LogP) is 11.7. The summed E-state index contributed by atoms with van der Waals surface area (Å²) in [5.74, 6) is 2.79. The third-order valence-electron chi connectivity index (χ3n) is 14.3. The molecular formula is C53H51N5. The molecule has 5 nitrogen and oxygen atoms in total. The van der Waals surface area contributed by atoms with Crippen molar-refractivity contribution in [2.24, 2.45) is 22.7 Å². The molecule has 0 radical (unpaired) electrons. The molecule has 3 heterocycles. The number of nitrogens with zero attached hydrogens (tertiary/aromatic N) is 3. The molecule has 0 spiro atoms. The van der Waals surface area contributed by atoms with Crippen LogP contribution in [0.5, 0.6) is 0 Å². The minimum absolute atomic E-state index is 0.0262. The molecule has 2 aromatic rings. The maximum Gasteiger partial charge on any atom is 0.131 e. The maximum atomic E-state index is 5.52. The average molecular weight is 758 g/mol. The average Bonchev–Trinajstić information content (AvgIpc) is 3.79. The predicted molar refractivity (Wildman–Crippen MR) is 239 cm³/mol. The van der Waals surface area contributed by atoms with Crippen LogP contribution < -0.4 is 20.4 Å². The van der Waals surface area contributed by atoms with Crippen molar-refractivity contribution in [1.82, 2.24) is 10.6 Å². The molecule has 7 unspecified atom stereocenters. The summed E-state index contributed by atoms with van der Waals surface area (Å²) in [6.07, 6.45) is 49.6. The van der Waals surface area contributed by atoms with Gasteiger partial charge in [0.1, 0.15) is 18.2 Å². The first kappa shape index (κ1) is 34.4. The summed E-state index contributed by atoms with van der Waals surface area (Å²) in [6.45, 7) is 0. The Morgan fingerprint density at radius 1 is 0.741 bits per heavy atom. The van der Waals surface area contributed by atoms with Gasteiger partial charge in [-0.1, -0.05) is 121 Å². The van der Waals surface area contributed by atoms with E-state index in [0.29, 0.717) is 29.7 Å². The van der Waals surface area contributed by atoms with Gasteiger partial charge in [0.05, 0.1) is 17.4 Å². The van der Waals surface area contributed by atoms with Crippen molar-refractivity contribution in [2.75, 3.05) is 9.80 Å². The Labute approximate surface area is 343 Å². The maximum absolute atomic E-state index is 5.52. The van der Waals surface area contributed by atoms with E-state index in [-0.39, 0.29) is 12.3 Å². The highest BCUT2D eigenvalue weighted by molar-refractivity contribution is 6.00. The molecule has 58 heavy (non-hydrogen) atoms. The number of benzene rings is 2. The van der Waals surface area contributed by atoms with Gasteiger partial charge in [-0.2, -0.15) is 0 Å². The summed E-state index contributed by atoms with van der Waals surface area (Å²) >= 11 is 0. The number of allylic oxidation sites excluding steroid dienone is 19. The number of amidine groups is 1. The van der Waals surface area contributed by atoms with Gasteiger partial charge < -0.3 is 15.1 Å². The molecule has 2 aromatic carbocycles. The van der Waals surface area contributed by atoms with Gasteiger partial charge in [0, 0.05) is 46.0 Å². The molecule has 0 bridgehead atoms. The van der Waals surface area contributed by atoms with Gasteiger partial charge in [0.15, 0.2) is 0 Å². The van der Waals surface area contributed by atoms with E-state index in [1.165, 1.54) is 68.3 Å². The molecule has 10 aliphatic rings. The van der Waals surface area contributed by atoms with E-state index < -0.39 is 0 Å². The minimum atomic E-state index is -0.222. The summed E-state index contributed by atoms with van der Waals surface area (Å²) in [4.78, 5) is 11.0. The fourth-order valence-electron chi connectivity index (χ4n) is 11.6. The van der Waals surface area contributed by atoms with E-state index in [1.54, 1.807) is 5.57 Å². The normalized spacial score (nSPS) is 31.1. The number of rotatable bonds is 5. The van der Waals surface area contributed by atoms with Gasteiger partial charge in [-0.25, -0.2) is 4.99 Å². The molecule has 0 saturated heterocycles. The summed E-state index contributed by atoms with van der Waals surface area (Å²) < 4.78 is 0. The zero-order valence-corrected chi connectivity index (χ0v) is 33.1. The number of para-hydroxylation sites is 1. The summed E-state index contributed by atoms with van der Waals surface area (Å²) in [6, 6.07) is 16.6. The molecule has 7 aliphatic carbocycles. The lowest BCUT2D eigenvalue weighted by Gasteiger charge is -2.37. The number of hydrogen-bond donors (Lipinski definition) is 2. The van der Waals surface area contributed by atoms with Crippen LogP contribution in [0.3, 0.4) is 0 Å². The van der Waals surface area contributed by atoms with Crippen molar-refractivity contribution in [3.8, 4) is 0 Å². The van der Waals surface area contributed by atoms with Gasteiger partial charge >= 0.3 is 0 Å². The Morgan fingerprint density at radius 3 is 2.60 bits per heavy atom. The van der Waals surface area contributed by atoms with Crippen molar-refractivity contribution in [2.45, 2.75) is 82.1 Å². The highest BCUT2D eigenvalue weighted by atomic mass is 15.3. The van der Waals surface area contributed by atoms with Crippen LogP contribution in [0.1, 0.15) is 81.0 Å². The minimum Gasteiger partial charge on any atom is -0.351 e. The number of aliphatic imine (C=N–C) groups is 1. The lowest BCUT2D eigenvalue weighted by molar-refractivity contribution is 0.439. The Morgan fingerprint density at radius 2 is 1.67 bits per heavy atom. The van der Waals surface area contributed by atoms with Crippen molar-refractivity contribution in [3.63, 3.8) is 0 Å². The van der Waals surface area contributed by atoms with Crippen molar-refractivity contribution < 1.29 is 0 Å². The number of fused-ring (bicyclic) bond motifs is 7. The second-order valence-corrected chi connectivity index (χ2v) is 17.5. The Balaban J connectivity index is 1.02. The fourth-order valence-corrected chi connectivity index (χ4v) is 11.6. The molecule has 0 aromatic heterocycles. The van der Waals surface area contributed by atoms with Crippen LogP contribution in [0.25, 0.3) is 0 Å². The van der Waals surface area contributed by atoms with Crippen LogP contribution in [-0.2, 0) is 0 Å². The van der Waals surface area contributed by atoms with E-state index in [1.807, 2.05) is 0 Å². The molecule has 2 N–H and O–H groups in total. The van der Waals surface area contributed by atoms with Crippen LogP contribution in [0.4, 0.5) is 17.1 Å². The number of anilines is 3. The van der Waals surface area contributed by atoms with Crippen LogP contribution in [0.2, 0.25) is 0 Å². The van der Waals surface area contributed by atoms with Crippen LogP contribution >= 0.6 is 0 Å². The Hall–Kier alpha value is -5.65. The van der Waals surface area contributed by atoms with E-state index in [0.717, 1.165) is 57.2 Å². The lowest BCUT2D eigenvalue weighted by atomic mass is 9.75. The molecule has 7 atom stereocenters. The second kappa shape index (κ2) is 14.0. The van der Waals surface area contributed by atoms with E-state index in [9.17, 15) is 0 Å². The van der Waals surface area contributed by atoms with Crippen LogP contribution in [0.15, 0.2) is 190 Å². The standard InChI is InChI=1S/C53H51N5/c1-3-16-34(17-4-1)51-54-52(35-18-5-2-6-19-35)56-53(55-51)41-25-12-14-27-45(41)58-47-29-15-28-46(50(47)43-31-37-21-8-10-23-39(37)33-49(43)58)57-44-26-13-11-24-40(44)42-30-36-20-7-9-22-38(36)32-48(42)57/h1,3,5,7-10,12-16,18-20,22-23,25-30,33,37-38,40,43-44,52-53,56H,2,4,6,11,17,21,24,31-32H2,(H,54,55). The Bertz CT molecular complexity index is 2500. The van der Waals surface area contributed by atoms with Gasteiger partial charge in [-0.05, 0) is 116 Å². The zero-order valence-electron chi connectivity index (χ0n) is 33.1. The highest BCUT2D eigenvalue weighted by Gasteiger charge is 2.47. The van der Waals surface area contributed by atoms with Gasteiger partial charge in [0.2, 0.25) is 0 Å². The fraction of sp³-hybridized carbons (Fsp3) is 0.302. The van der Waals surface area contributed by atoms with E-state index in [2.05, 4.69) is 166 Å². The summed E-state index contributed by atoms with van der Waals surface area (Å²) in [5.41, 5.74) is 16.7. The highest BCUT2D eigenvalue weighted by Crippen LogP contribution is 2.60. The molecular weight excluding hydrogens is 707 g/mol. The molecule has 0 amide bonds. The first-order valence-electron chi connectivity index (χ1n) is 22.0. The first-order valence-corrected chi connectivity index (χ1v) is 22.0. The number of hydrogen-bond acceptors (Lipinski definition) is 5. The van der Waals surface area contributed by atoms with E-state index in [4.69, 9.17) is 4.99 Å². The monoisotopic (exact) mass is 757 g/mol. The van der Waals surface area contributed by atoms with Crippen LogP contribution in [0, 0.1) is 17.8 Å². The molecule has 288 valence electrons. The second-order valence-electron chi connectivity index (χ2n) is 17.5. The molecule has 0 saturated carbocycles. The molecule has 0 fully saturated rings. The molecule has 3 aliphatic heterocycles. The molecule has 12 rings (SSSR count). The topological polar surface area (TPSA) is 42.9 Å². The third kappa shape index (κ3) is 5.57. The van der Waals surface area contributed by atoms with Crippen molar-refractivity contribution in [1.29, 1.82) is 0 Å². The summed E-state index contributed by atoms with van der Waals surface area (Å²) in [5, 5.41) is 7.81. The van der Waals surface area contributed by atoms with Crippen LogP contribution in [-0.4, -0.2) is 18.0 Å². The van der Waals surface area contributed by atoms with Gasteiger partial charge in [-0.3, -0.25) is 5.32 Å². The molecule has 5 heteroatoms. The van der Waals surface area contributed by atoms with E-state index >= 15 is 0 Å². The SMILES string of the molecule is C1=CCCC(C2=NC(c3ccccc3N3C4=CC5=CC=CCC5CC4c4c3cccc4N3C4=C(C=C5C=CC=CC5C4)C4CCC=CC43)NC(C3=CCCC=C3)N2)=C1. The van der Waals surface area contributed by atoms with Gasteiger partial charge in [0.25, 0.3) is 0 Å². The number of nitrogens with one attached hydrogen (secondary N) is 2. The quantitative estimate of drug-likeness (QED) is 0.298.